The van der Waals surface area contributed by atoms with E-state index in [1.807, 2.05) is 19.1 Å². The highest BCUT2D eigenvalue weighted by Crippen LogP contribution is 2.27. The number of nitrogens with zero attached hydrogens (tertiary/aromatic N) is 3. The van der Waals surface area contributed by atoms with Crippen LogP contribution in [0.3, 0.4) is 0 Å². The van der Waals surface area contributed by atoms with Gasteiger partial charge in [0.25, 0.3) is 0 Å². The number of nitrogen functional groups attached to an aromatic ring is 1. The molecule has 20 heavy (non-hydrogen) atoms. The summed E-state index contributed by atoms with van der Waals surface area (Å²) in [4.78, 5) is 10.8. The van der Waals surface area contributed by atoms with Gasteiger partial charge in [-0.15, -0.1) is 0 Å². The average molecular weight is 283 g/mol. The second kappa shape index (κ2) is 5.32. The van der Waals surface area contributed by atoms with Gasteiger partial charge in [-0.05, 0) is 19.1 Å². The molecule has 0 fully saturated rings. The fraction of sp³-hybridized carbons (Fsp3) is 0.250. The van der Waals surface area contributed by atoms with Crippen LogP contribution >= 0.6 is 0 Å². The standard InChI is InChI=1S/C12H12F3N5/c1-7-3-2-4-8(18-7)6-17-10-5-9(16)19-11(20-10)12(13,14)15/h2-5H,6H2,1H3,(H3,16,17,19,20). The fourth-order valence-corrected chi connectivity index (χ4v) is 1.56. The maximum atomic E-state index is 12.5. The topological polar surface area (TPSA) is 76.7 Å². The minimum Gasteiger partial charge on any atom is -0.384 e. The molecule has 5 nitrogen and oxygen atoms in total. The van der Waals surface area contributed by atoms with Gasteiger partial charge < -0.3 is 11.1 Å². The molecule has 0 spiro atoms. The Balaban J connectivity index is 2.16. The number of anilines is 2. The van der Waals surface area contributed by atoms with Gasteiger partial charge in [0.1, 0.15) is 11.6 Å². The zero-order valence-electron chi connectivity index (χ0n) is 10.6. The molecule has 0 saturated carbocycles. The number of pyridine rings is 1. The van der Waals surface area contributed by atoms with Crippen molar-refractivity contribution in [2.75, 3.05) is 11.1 Å². The number of hydrogen-bond donors (Lipinski definition) is 2. The van der Waals surface area contributed by atoms with Crippen LogP contribution in [-0.4, -0.2) is 15.0 Å². The van der Waals surface area contributed by atoms with E-state index < -0.39 is 12.0 Å². The van der Waals surface area contributed by atoms with E-state index in [2.05, 4.69) is 20.3 Å². The smallest absolute Gasteiger partial charge is 0.384 e. The zero-order valence-corrected chi connectivity index (χ0v) is 10.6. The van der Waals surface area contributed by atoms with Crippen LogP contribution in [0.25, 0.3) is 0 Å². The highest BCUT2D eigenvalue weighted by atomic mass is 19.4. The van der Waals surface area contributed by atoms with Crippen molar-refractivity contribution in [3.05, 3.63) is 41.5 Å². The molecule has 0 amide bonds. The van der Waals surface area contributed by atoms with Gasteiger partial charge in [-0.25, -0.2) is 9.97 Å². The molecular formula is C12H12F3N5. The second-order valence-corrected chi connectivity index (χ2v) is 4.12. The van der Waals surface area contributed by atoms with E-state index in [-0.39, 0.29) is 18.2 Å². The maximum absolute atomic E-state index is 12.5. The third kappa shape index (κ3) is 3.56. The normalized spacial score (nSPS) is 11.4. The summed E-state index contributed by atoms with van der Waals surface area (Å²) >= 11 is 0. The molecule has 0 atom stereocenters. The van der Waals surface area contributed by atoms with Gasteiger partial charge in [-0.1, -0.05) is 6.07 Å². The minimum atomic E-state index is -4.63. The van der Waals surface area contributed by atoms with Crippen LogP contribution in [0, 0.1) is 6.92 Å². The van der Waals surface area contributed by atoms with E-state index >= 15 is 0 Å². The molecule has 0 saturated heterocycles. The molecule has 0 unspecified atom stereocenters. The second-order valence-electron chi connectivity index (χ2n) is 4.12. The summed E-state index contributed by atoms with van der Waals surface area (Å²) < 4.78 is 37.6. The monoisotopic (exact) mass is 283 g/mol. The van der Waals surface area contributed by atoms with Crippen molar-refractivity contribution >= 4 is 11.6 Å². The lowest BCUT2D eigenvalue weighted by Crippen LogP contribution is -2.14. The summed E-state index contributed by atoms with van der Waals surface area (Å²) in [5.41, 5.74) is 6.85. The lowest BCUT2D eigenvalue weighted by atomic mass is 10.3. The average Bonchev–Trinajstić information content (AvgIpc) is 2.35. The number of nitrogens with one attached hydrogen (secondary N) is 1. The molecule has 2 heterocycles. The van der Waals surface area contributed by atoms with Crippen LogP contribution in [0.5, 0.6) is 0 Å². The molecule has 0 aliphatic heterocycles. The molecule has 0 aliphatic carbocycles. The lowest BCUT2D eigenvalue weighted by Gasteiger charge is -2.10. The van der Waals surface area contributed by atoms with Gasteiger partial charge in [0.2, 0.25) is 5.82 Å². The Morgan fingerprint density at radius 2 is 1.95 bits per heavy atom. The summed E-state index contributed by atoms with van der Waals surface area (Å²) in [6.45, 7) is 2.07. The highest BCUT2D eigenvalue weighted by Gasteiger charge is 2.35. The summed E-state index contributed by atoms with van der Waals surface area (Å²) in [5.74, 6) is -1.50. The Kier molecular flexibility index (Phi) is 3.73. The van der Waals surface area contributed by atoms with E-state index in [0.29, 0.717) is 5.69 Å². The molecule has 0 radical (unpaired) electrons. The Labute approximate surface area is 113 Å². The third-order valence-corrected chi connectivity index (χ3v) is 2.40. The van der Waals surface area contributed by atoms with Gasteiger partial charge in [0, 0.05) is 11.8 Å². The largest absolute Gasteiger partial charge is 0.451 e. The van der Waals surface area contributed by atoms with Crippen LogP contribution in [0.2, 0.25) is 0 Å². The van der Waals surface area contributed by atoms with Crippen molar-refractivity contribution in [2.24, 2.45) is 0 Å². The minimum absolute atomic E-state index is 0.00753. The Bertz CT molecular complexity index is 612. The van der Waals surface area contributed by atoms with Gasteiger partial charge >= 0.3 is 6.18 Å². The van der Waals surface area contributed by atoms with Crippen molar-refractivity contribution in [1.82, 2.24) is 15.0 Å². The van der Waals surface area contributed by atoms with E-state index in [1.54, 1.807) is 6.07 Å². The number of rotatable bonds is 3. The van der Waals surface area contributed by atoms with Crippen LogP contribution in [-0.2, 0) is 12.7 Å². The number of halogens is 3. The van der Waals surface area contributed by atoms with Gasteiger partial charge in [-0.3, -0.25) is 4.98 Å². The summed E-state index contributed by atoms with van der Waals surface area (Å²) in [5, 5.41) is 2.75. The number of hydrogen-bond acceptors (Lipinski definition) is 5. The molecule has 106 valence electrons. The van der Waals surface area contributed by atoms with E-state index in [0.717, 1.165) is 5.69 Å². The quantitative estimate of drug-likeness (QED) is 0.904. The number of alkyl halides is 3. The predicted octanol–water partition coefficient (Wildman–Crippen LogP) is 2.39. The first-order chi connectivity index (χ1) is 9.34. The summed E-state index contributed by atoms with van der Waals surface area (Å²) in [6, 6.07) is 6.64. The molecule has 0 bridgehead atoms. The van der Waals surface area contributed by atoms with Crippen LogP contribution in [0.4, 0.5) is 24.8 Å². The SMILES string of the molecule is Cc1cccc(CNc2cc(N)nc(C(F)(F)F)n2)n1. The first-order valence-electron chi connectivity index (χ1n) is 5.73. The first kappa shape index (κ1) is 14.0. The van der Waals surface area contributed by atoms with Gasteiger partial charge in [0.05, 0.1) is 12.2 Å². The molecular weight excluding hydrogens is 271 g/mol. The lowest BCUT2D eigenvalue weighted by molar-refractivity contribution is -0.144. The number of aromatic nitrogens is 3. The fourth-order valence-electron chi connectivity index (χ4n) is 1.56. The van der Waals surface area contributed by atoms with E-state index in [1.165, 1.54) is 6.07 Å². The molecule has 0 aliphatic rings. The van der Waals surface area contributed by atoms with Crippen molar-refractivity contribution in [1.29, 1.82) is 0 Å². The molecule has 2 aromatic heterocycles. The van der Waals surface area contributed by atoms with Crippen LogP contribution in [0.15, 0.2) is 24.3 Å². The maximum Gasteiger partial charge on any atom is 0.451 e. The van der Waals surface area contributed by atoms with Gasteiger partial charge in [-0.2, -0.15) is 13.2 Å². The van der Waals surface area contributed by atoms with Crippen molar-refractivity contribution in [2.45, 2.75) is 19.6 Å². The van der Waals surface area contributed by atoms with Crippen LogP contribution in [0.1, 0.15) is 17.2 Å². The highest BCUT2D eigenvalue weighted by molar-refractivity contribution is 5.45. The van der Waals surface area contributed by atoms with Crippen molar-refractivity contribution in [3.8, 4) is 0 Å². The molecule has 2 aromatic rings. The third-order valence-electron chi connectivity index (χ3n) is 2.40. The number of nitrogens with two attached hydrogens (primary N) is 1. The van der Waals surface area contributed by atoms with Crippen molar-refractivity contribution in [3.63, 3.8) is 0 Å². The predicted molar refractivity (Wildman–Crippen MR) is 67.7 cm³/mol. The van der Waals surface area contributed by atoms with Crippen LogP contribution < -0.4 is 11.1 Å². The van der Waals surface area contributed by atoms with Gasteiger partial charge in [0.15, 0.2) is 0 Å². The molecule has 3 N–H and O–H groups in total. The Morgan fingerprint density at radius 1 is 1.20 bits per heavy atom. The molecule has 2 rings (SSSR count). The zero-order chi connectivity index (χ0) is 14.8. The number of aryl methyl sites for hydroxylation is 1. The van der Waals surface area contributed by atoms with E-state index in [4.69, 9.17) is 5.73 Å². The van der Waals surface area contributed by atoms with Crippen molar-refractivity contribution < 1.29 is 13.2 Å². The Hall–Kier alpha value is -2.38. The van der Waals surface area contributed by atoms with E-state index in [9.17, 15) is 13.2 Å². The Morgan fingerprint density at radius 3 is 2.60 bits per heavy atom. The first-order valence-corrected chi connectivity index (χ1v) is 5.73. The molecule has 0 aromatic carbocycles. The summed E-state index contributed by atoms with van der Waals surface area (Å²) in [7, 11) is 0. The molecule has 8 heteroatoms. The summed E-state index contributed by atoms with van der Waals surface area (Å²) in [6.07, 6.45) is -4.63.